The summed E-state index contributed by atoms with van der Waals surface area (Å²) >= 11 is 0. The Balaban J connectivity index is 1.83. The maximum absolute atomic E-state index is 6.40. The zero-order valence-electron chi connectivity index (χ0n) is 19.6. The van der Waals surface area contributed by atoms with Gasteiger partial charge in [0.15, 0.2) is 0 Å². The van der Waals surface area contributed by atoms with Crippen LogP contribution in [0.5, 0.6) is 5.75 Å². The van der Waals surface area contributed by atoms with E-state index in [9.17, 15) is 0 Å². The number of ether oxygens (including phenoxy) is 3. The van der Waals surface area contributed by atoms with Crippen molar-refractivity contribution in [1.29, 1.82) is 0 Å². The van der Waals surface area contributed by atoms with Gasteiger partial charge in [-0.15, -0.1) is 0 Å². The van der Waals surface area contributed by atoms with Gasteiger partial charge in [0.1, 0.15) is 23.6 Å². The van der Waals surface area contributed by atoms with Crippen molar-refractivity contribution in [3.8, 4) is 5.75 Å². The smallest absolute Gasteiger partial charge is 0.132 e. The molecule has 2 unspecified atom stereocenters. The molecule has 0 bridgehead atoms. The van der Waals surface area contributed by atoms with Crippen LogP contribution in [-0.4, -0.2) is 24.9 Å². The first-order chi connectivity index (χ1) is 14.9. The molecular formula is C27H37NO3. The summed E-state index contributed by atoms with van der Waals surface area (Å²) in [6.45, 7) is 12.5. The Bertz CT molecular complexity index is 857. The third kappa shape index (κ3) is 6.11. The van der Waals surface area contributed by atoms with Gasteiger partial charge in [0.05, 0.1) is 6.61 Å². The summed E-state index contributed by atoms with van der Waals surface area (Å²) in [6, 6.07) is 14.9. The number of rotatable bonds is 10. The van der Waals surface area contributed by atoms with Gasteiger partial charge in [0, 0.05) is 24.4 Å². The molecule has 168 valence electrons. The molecule has 2 atom stereocenters. The lowest BCUT2D eigenvalue weighted by Gasteiger charge is -2.44. The van der Waals surface area contributed by atoms with Gasteiger partial charge < -0.3 is 19.5 Å². The standard InChI is InChI=1S/C27H37NO3/c1-6-8-16-29-25-23-18-22(28-19-21-12-10-20(3)11-13-21)14-15-24(23)31-27(4,5)26(25)30-17-9-7-2/h7,9-15,18,25-26,28H,6,8,16-17,19H2,1-5H3/b9-7+. The third-order valence-corrected chi connectivity index (χ3v) is 5.67. The molecule has 0 spiro atoms. The minimum Gasteiger partial charge on any atom is -0.485 e. The molecule has 0 aromatic heterocycles. The largest absolute Gasteiger partial charge is 0.485 e. The zero-order valence-corrected chi connectivity index (χ0v) is 19.6. The van der Waals surface area contributed by atoms with Crippen LogP contribution < -0.4 is 10.1 Å². The van der Waals surface area contributed by atoms with Crippen molar-refractivity contribution in [2.45, 2.75) is 71.8 Å². The lowest BCUT2D eigenvalue weighted by atomic mass is 9.87. The number of aryl methyl sites for hydroxylation is 1. The van der Waals surface area contributed by atoms with Crippen molar-refractivity contribution in [2.24, 2.45) is 0 Å². The minimum absolute atomic E-state index is 0.170. The van der Waals surface area contributed by atoms with Crippen LogP contribution >= 0.6 is 0 Å². The van der Waals surface area contributed by atoms with Crippen molar-refractivity contribution in [3.05, 3.63) is 71.3 Å². The quantitative estimate of drug-likeness (QED) is 0.345. The molecule has 1 heterocycles. The predicted molar refractivity (Wildman–Crippen MR) is 128 cm³/mol. The Kier molecular flexibility index (Phi) is 8.16. The molecular weight excluding hydrogens is 386 g/mol. The first-order valence-corrected chi connectivity index (χ1v) is 11.4. The SMILES string of the molecule is C/C=C/COC1C(OCCCC)c2cc(NCc3ccc(C)cc3)ccc2OC1(C)C. The average molecular weight is 424 g/mol. The van der Waals surface area contributed by atoms with E-state index in [0.717, 1.165) is 36.4 Å². The molecule has 0 saturated carbocycles. The predicted octanol–water partition coefficient (Wildman–Crippen LogP) is 6.60. The van der Waals surface area contributed by atoms with Crippen molar-refractivity contribution in [3.63, 3.8) is 0 Å². The molecule has 0 amide bonds. The second-order valence-corrected chi connectivity index (χ2v) is 8.77. The fraction of sp³-hybridized carbons (Fsp3) is 0.481. The molecule has 0 aliphatic carbocycles. The van der Waals surface area contributed by atoms with Gasteiger partial charge in [-0.05, 0) is 57.9 Å². The highest BCUT2D eigenvalue weighted by Gasteiger charge is 2.45. The second-order valence-electron chi connectivity index (χ2n) is 8.77. The van der Waals surface area contributed by atoms with E-state index in [1.165, 1.54) is 11.1 Å². The fourth-order valence-electron chi connectivity index (χ4n) is 3.83. The molecule has 2 aromatic carbocycles. The van der Waals surface area contributed by atoms with E-state index in [1.807, 2.05) is 25.1 Å². The van der Waals surface area contributed by atoms with Gasteiger partial charge in [-0.3, -0.25) is 0 Å². The maximum Gasteiger partial charge on any atom is 0.132 e. The number of hydrogen-bond acceptors (Lipinski definition) is 4. The number of benzene rings is 2. The molecule has 4 nitrogen and oxygen atoms in total. The molecule has 31 heavy (non-hydrogen) atoms. The van der Waals surface area contributed by atoms with E-state index >= 15 is 0 Å². The molecule has 1 N–H and O–H groups in total. The van der Waals surface area contributed by atoms with Crippen LogP contribution in [0.2, 0.25) is 0 Å². The summed E-state index contributed by atoms with van der Waals surface area (Å²) in [5, 5.41) is 3.54. The Morgan fingerprint density at radius 2 is 1.87 bits per heavy atom. The van der Waals surface area contributed by atoms with E-state index in [-0.39, 0.29) is 12.2 Å². The maximum atomic E-state index is 6.40. The second kappa shape index (κ2) is 10.8. The number of anilines is 1. The highest BCUT2D eigenvalue weighted by Crippen LogP contribution is 2.44. The van der Waals surface area contributed by atoms with Crippen LogP contribution in [-0.2, 0) is 16.0 Å². The highest BCUT2D eigenvalue weighted by atomic mass is 16.6. The minimum atomic E-state index is -0.484. The molecule has 1 aliphatic heterocycles. The molecule has 1 aliphatic rings. The summed E-state index contributed by atoms with van der Waals surface area (Å²) in [4.78, 5) is 0. The van der Waals surface area contributed by atoms with Gasteiger partial charge in [-0.2, -0.15) is 0 Å². The highest BCUT2D eigenvalue weighted by molar-refractivity contribution is 5.54. The average Bonchev–Trinajstić information content (AvgIpc) is 2.75. The monoisotopic (exact) mass is 423 g/mol. The van der Waals surface area contributed by atoms with E-state index in [4.69, 9.17) is 14.2 Å². The first-order valence-electron chi connectivity index (χ1n) is 11.4. The lowest BCUT2D eigenvalue weighted by molar-refractivity contribution is -0.157. The van der Waals surface area contributed by atoms with Gasteiger partial charge >= 0.3 is 0 Å². The van der Waals surface area contributed by atoms with Crippen LogP contribution in [0.4, 0.5) is 5.69 Å². The summed E-state index contributed by atoms with van der Waals surface area (Å²) in [7, 11) is 0. The number of unbranched alkanes of at least 4 members (excludes halogenated alkanes) is 1. The van der Waals surface area contributed by atoms with E-state index < -0.39 is 5.60 Å². The molecule has 2 aromatic rings. The number of nitrogens with one attached hydrogen (secondary N) is 1. The van der Waals surface area contributed by atoms with Gasteiger partial charge in [0.25, 0.3) is 0 Å². The molecule has 0 radical (unpaired) electrons. The topological polar surface area (TPSA) is 39.7 Å². The van der Waals surface area contributed by atoms with Crippen molar-refractivity contribution >= 4 is 5.69 Å². The lowest BCUT2D eigenvalue weighted by Crippen LogP contribution is -2.51. The Hall–Kier alpha value is -2.30. The van der Waals surface area contributed by atoms with E-state index in [1.54, 1.807) is 0 Å². The number of hydrogen-bond donors (Lipinski definition) is 1. The first kappa shape index (κ1) is 23.4. The van der Waals surface area contributed by atoms with Crippen molar-refractivity contribution < 1.29 is 14.2 Å². The molecule has 0 saturated heterocycles. The molecule has 4 heteroatoms. The van der Waals surface area contributed by atoms with Gasteiger partial charge in [0.2, 0.25) is 0 Å². The Morgan fingerprint density at radius 1 is 1.10 bits per heavy atom. The third-order valence-electron chi connectivity index (χ3n) is 5.67. The van der Waals surface area contributed by atoms with Crippen LogP contribution in [0.1, 0.15) is 63.3 Å². The van der Waals surface area contributed by atoms with Crippen LogP contribution in [0.3, 0.4) is 0 Å². The zero-order chi connectivity index (χ0) is 22.3. The number of fused-ring (bicyclic) bond motifs is 1. The van der Waals surface area contributed by atoms with E-state index in [2.05, 4.69) is 69.4 Å². The van der Waals surface area contributed by atoms with Gasteiger partial charge in [-0.25, -0.2) is 0 Å². The normalized spacial score (nSPS) is 19.8. The van der Waals surface area contributed by atoms with Crippen molar-refractivity contribution in [2.75, 3.05) is 18.5 Å². The van der Waals surface area contributed by atoms with Crippen molar-refractivity contribution in [1.82, 2.24) is 0 Å². The number of allylic oxidation sites excluding steroid dienone is 1. The Morgan fingerprint density at radius 3 is 2.58 bits per heavy atom. The Labute approximate surface area is 187 Å². The fourth-order valence-corrected chi connectivity index (χ4v) is 3.83. The molecule has 0 fully saturated rings. The summed E-state index contributed by atoms with van der Waals surface area (Å²) in [6.07, 6.45) is 5.79. The summed E-state index contributed by atoms with van der Waals surface area (Å²) < 4.78 is 19.0. The van der Waals surface area contributed by atoms with Crippen LogP contribution in [0.25, 0.3) is 0 Å². The van der Waals surface area contributed by atoms with Crippen LogP contribution in [0, 0.1) is 6.92 Å². The summed E-state index contributed by atoms with van der Waals surface area (Å²) in [5.74, 6) is 0.873. The molecule has 3 rings (SSSR count). The summed E-state index contributed by atoms with van der Waals surface area (Å²) in [5.41, 5.74) is 4.15. The van der Waals surface area contributed by atoms with Crippen LogP contribution in [0.15, 0.2) is 54.6 Å². The van der Waals surface area contributed by atoms with E-state index in [0.29, 0.717) is 13.2 Å². The van der Waals surface area contributed by atoms with Gasteiger partial charge in [-0.1, -0.05) is 55.3 Å².